The molecule has 3 nitrogen and oxygen atoms in total. The van der Waals surface area contributed by atoms with Crippen molar-refractivity contribution >= 4 is 0 Å². The van der Waals surface area contributed by atoms with E-state index in [9.17, 15) is 10.2 Å². The van der Waals surface area contributed by atoms with Gasteiger partial charge in [-0.15, -0.1) is 0 Å². The number of rotatable bonds is 4. The first kappa shape index (κ1) is 15.7. The number of hydrogen-bond donors (Lipinski definition) is 2. The fraction of sp³-hybridized carbons (Fsp3) is 0.579. The van der Waals surface area contributed by atoms with E-state index in [1.165, 1.54) is 17.5 Å². The van der Waals surface area contributed by atoms with Gasteiger partial charge < -0.3 is 10.2 Å². The fourth-order valence-electron chi connectivity index (χ4n) is 3.94. The van der Waals surface area contributed by atoms with Crippen molar-refractivity contribution in [2.24, 2.45) is 5.92 Å². The minimum Gasteiger partial charge on any atom is -0.392 e. The summed E-state index contributed by atoms with van der Waals surface area (Å²) in [6, 6.07) is 4.67. The molecular formula is C19H27NO2. The zero-order chi connectivity index (χ0) is 15.7. The highest BCUT2D eigenvalue weighted by molar-refractivity contribution is 5.42. The maximum absolute atomic E-state index is 9.55. The molecule has 2 heterocycles. The van der Waals surface area contributed by atoms with Crippen LogP contribution in [0.5, 0.6) is 0 Å². The first-order valence-electron chi connectivity index (χ1n) is 8.40. The Balaban J connectivity index is 1.89. The summed E-state index contributed by atoms with van der Waals surface area (Å²) in [4.78, 5) is 2.58. The maximum Gasteiger partial charge on any atom is 0.0685 e. The lowest BCUT2D eigenvalue weighted by molar-refractivity contribution is 0.187. The van der Waals surface area contributed by atoms with Crippen LogP contribution in [0, 0.1) is 5.92 Å². The molecular weight excluding hydrogens is 274 g/mol. The summed E-state index contributed by atoms with van der Waals surface area (Å²) in [5.41, 5.74) is 6.03. The lowest BCUT2D eigenvalue weighted by atomic mass is 9.84. The van der Waals surface area contributed by atoms with Gasteiger partial charge >= 0.3 is 0 Å². The Kier molecular flexibility index (Phi) is 4.67. The number of fused-ring (bicyclic) bond motifs is 3. The van der Waals surface area contributed by atoms with E-state index >= 15 is 0 Å². The van der Waals surface area contributed by atoms with E-state index < -0.39 is 0 Å². The van der Waals surface area contributed by atoms with E-state index in [4.69, 9.17) is 0 Å². The standard InChI is InChI=1S/C19H27NO2/c1-13(2)7-14-3-4-19-18-9-17(12-22)16(11-21)8-15(18)5-6-20(19)10-14/h3,8-9,13,19,21-22H,4-7,10-12H2,1-2H3/t19-/m1/s1. The molecule has 0 fully saturated rings. The molecule has 2 N–H and O–H groups in total. The predicted molar refractivity (Wildman–Crippen MR) is 88.5 cm³/mol. The highest BCUT2D eigenvalue weighted by atomic mass is 16.3. The van der Waals surface area contributed by atoms with Crippen LogP contribution in [0.2, 0.25) is 0 Å². The lowest BCUT2D eigenvalue weighted by Crippen LogP contribution is -2.39. The smallest absolute Gasteiger partial charge is 0.0685 e. The normalized spacial score (nSPS) is 21.5. The van der Waals surface area contributed by atoms with Crippen molar-refractivity contribution in [3.8, 4) is 0 Å². The monoisotopic (exact) mass is 301 g/mol. The van der Waals surface area contributed by atoms with Gasteiger partial charge in [0.2, 0.25) is 0 Å². The minimum atomic E-state index is 0.00430. The zero-order valence-corrected chi connectivity index (χ0v) is 13.7. The second kappa shape index (κ2) is 6.53. The second-order valence-corrected chi connectivity index (χ2v) is 7.07. The molecule has 0 aliphatic carbocycles. The van der Waals surface area contributed by atoms with Crippen molar-refractivity contribution in [1.29, 1.82) is 0 Å². The Morgan fingerprint density at radius 2 is 1.91 bits per heavy atom. The van der Waals surface area contributed by atoms with Gasteiger partial charge in [0.1, 0.15) is 0 Å². The van der Waals surface area contributed by atoms with Gasteiger partial charge in [-0.1, -0.05) is 37.6 Å². The van der Waals surface area contributed by atoms with Crippen molar-refractivity contribution in [1.82, 2.24) is 4.90 Å². The number of hydrogen-bond acceptors (Lipinski definition) is 3. The summed E-state index contributed by atoms with van der Waals surface area (Å²) in [5.74, 6) is 0.716. The van der Waals surface area contributed by atoms with Crippen molar-refractivity contribution < 1.29 is 10.2 Å². The molecule has 1 aromatic carbocycles. The van der Waals surface area contributed by atoms with Gasteiger partial charge in [-0.05, 0) is 47.4 Å². The van der Waals surface area contributed by atoms with E-state index in [1.807, 2.05) is 0 Å². The Hall–Kier alpha value is -1.16. The highest BCUT2D eigenvalue weighted by Gasteiger charge is 2.30. The Bertz CT molecular complexity index is 577. The van der Waals surface area contributed by atoms with Crippen molar-refractivity contribution in [2.75, 3.05) is 13.1 Å². The Morgan fingerprint density at radius 3 is 2.59 bits per heavy atom. The topological polar surface area (TPSA) is 43.7 Å². The molecule has 0 saturated heterocycles. The van der Waals surface area contributed by atoms with Gasteiger partial charge in [-0.25, -0.2) is 0 Å². The van der Waals surface area contributed by atoms with Gasteiger partial charge in [0.15, 0.2) is 0 Å². The predicted octanol–water partition coefficient (Wildman–Crippen LogP) is 2.95. The van der Waals surface area contributed by atoms with Crippen LogP contribution in [-0.2, 0) is 19.6 Å². The molecule has 120 valence electrons. The molecule has 0 bridgehead atoms. The van der Waals surface area contributed by atoms with E-state index in [0.717, 1.165) is 37.1 Å². The molecule has 0 aromatic heterocycles. The minimum absolute atomic E-state index is 0.00430. The SMILES string of the molecule is CC(C)CC1=CC[C@@H]2c3cc(CO)c(CO)cc3CCN2C1. The molecule has 3 heteroatoms. The first-order valence-corrected chi connectivity index (χ1v) is 8.40. The third-order valence-corrected chi connectivity index (χ3v) is 4.98. The van der Waals surface area contributed by atoms with E-state index in [2.05, 4.69) is 37.0 Å². The van der Waals surface area contributed by atoms with Gasteiger partial charge in [-0.2, -0.15) is 0 Å². The molecule has 2 aliphatic heterocycles. The van der Waals surface area contributed by atoms with Crippen molar-refractivity contribution in [2.45, 2.75) is 52.4 Å². The molecule has 0 unspecified atom stereocenters. The number of benzene rings is 1. The molecule has 2 aliphatic rings. The van der Waals surface area contributed by atoms with Crippen LogP contribution in [-0.4, -0.2) is 28.2 Å². The van der Waals surface area contributed by atoms with Crippen molar-refractivity contribution in [3.05, 3.63) is 46.0 Å². The fourth-order valence-corrected chi connectivity index (χ4v) is 3.94. The Morgan fingerprint density at radius 1 is 1.18 bits per heavy atom. The summed E-state index contributed by atoms with van der Waals surface area (Å²) < 4.78 is 0. The maximum atomic E-state index is 9.55. The Labute approximate surface area is 133 Å². The average molecular weight is 301 g/mol. The molecule has 22 heavy (non-hydrogen) atoms. The zero-order valence-electron chi connectivity index (χ0n) is 13.7. The van der Waals surface area contributed by atoms with Gasteiger partial charge in [0, 0.05) is 19.1 Å². The molecule has 0 spiro atoms. The van der Waals surface area contributed by atoms with E-state index in [-0.39, 0.29) is 13.2 Å². The van der Waals surface area contributed by atoms with Crippen molar-refractivity contribution in [3.63, 3.8) is 0 Å². The summed E-state index contributed by atoms with van der Waals surface area (Å²) in [6.07, 6.45) is 5.73. The van der Waals surface area contributed by atoms with E-state index in [1.54, 1.807) is 5.57 Å². The molecule has 0 amide bonds. The summed E-state index contributed by atoms with van der Waals surface area (Å²) in [5, 5.41) is 19.0. The van der Waals surface area contributed by atoms with Crippen LogP contribution >= 0.6 is 0 Å². The van der Waals surface area contributed by atoms with Gasteiger partial charge in [-0.3, -0.25) is 4.90 Å². The summed E-state index contributed by atoms with van der Waals surface area (Å²) in [7, 11) is 0. The third-order valence-electron chi connectivity index (χ3n) is 4.98. The average Bonchev–Trinajstić information content (AvgIpc) is 2.52. The lowest BCUT2D eigenvalue weighted by Gasteiger charge is -2.41. The largest absolute Gasteiger partial charge is 0.392 e. The third kappa shape index (κ3) is 2.98. The van der Waals surface area contributed by atoms with Crippen LogP contribution < -0.4 is 0 Å². The van der Waals surface area contributed by atoms with Crippen LogP contribution in [0.3, 0.4) is 0 Å². The van der Waals surface area contributed by atoms with Crippen LogP contribution in [0.25, 0.3) is 0 Å². The van der Waals surface area contributed by atoms with Crippen LogP contribution in [0.4, 0.5) is 0 Å². The molecule has 1 atom stereocenters. The highest BCUT2D eigenvalue weighted by Crippen LogP contribution is 2.38. The molecule has 0 radical (unpaired) electrons. The first-order chi connectivity index (χ1) is 10.6. The van der Waals surface area contributed by atoms with Gasteiger partial charge in [0.25, 0.3) is 0 Å². The summed E-state index contributed by atoms with van der Waals surface area (Å²) >= 11 is 0. The molecule has 1 aromatic rings. The van der Waals surface area contributed by atoms with Crippen LogP contribution in [0.15, 0.2) is 23.8 Å². The summed E-state index contributed by atoms with van der Waals surface area (Å²) in [6.45, 7) is 6.75. The quantitative estimate of drug-likeness (QED) is 0.840. The number of aliphatic hydroxyl groups excluding tert-OH is 2. The van der Waals surface area contributed by atoms with E-state index in [0.29, 0.717) is 12.0 Å². The second-order valence-electron chi connectivity index (χ2n) is 7.07. The van der Waals surface area contributed by atoms with Crippen LogP contribution in [0.1, 0.15) is 55.0 Å². The number of nitrogens with zero attached hydrogens (tertiary/aromatic N) is 1. The molecule has 0 saturated carbocycles. The molecule has 3 rings (SSSR count). The number of aliphatic hydroxyl groups is 2. The van der Waals surface area contributed by atoms with Gasteiger partial charge in [0.05, 0.1) is 13.2 Å².